The number of halogens is 1. The Morgan fingerprint density at radius 2 is 2.29 bits per heavy atom. The molecule has 0 saturated carbocycles. The van der Waals surface area contributed by atoms with Gasteiger partial charge in [-0.15, -0.1) is 0 Å². The van der Waals surface area contributed by atoms with Crippen LogP contribution in [-0.2, 0) is 16.1 Å². The van der Waals surface area contributed by atoms with Gasteiger partial charge in [-0.05, 0) is 31.4 Å². The highest BCUT2D eigenvalue weighted by molar-refractivity contribution is 6.30. The van der Waals surface area contributed by atoms with Crippen molar-refractivity contribution in [1.82, 2.24) is 15.2 Å². The summed E-state index contributed by atoms with van der Waals surface area (Å²) < 4.78 is 0. The zero-order valence-electron chi connectivity index (χ0n) is 11.6. The van der Waals surface area contributed by atoms with Crippen molar-refractivity contribution in [2.75, 3.05) is 13.1 Å². The highest BCUT2D eigenvalue weighted by atomic mass is 35.5. The molecule has 1 unspecified atom stereocenters. The van der Waals surface area contributed by atoms with E-state index in [0.717, 1.165) is 12.8 Å². The van der Waals surface area contributed by atoms with E-state index >= 15 is 0 Å². The molecule has 1 aliphatic heterocycles. The number of hydrogen-bond donors (Lipinski definition) is 2. The summed E-state index contributed by atoms with van der Waals surface area (Å²) in [5.41, 5.74) is 0.690. The normalized spacial score (nSPS) is 19.2. The SMILES string of the molecule is O=C(CN1CCCCC(O)C1=O)NCc1ccc(Cl)cn1. The third-order valence-electron chi connectivity index (χ3n) is 3.34. The van der Waals surface area contributed by atoms with E-state index in [1.54, 1.807) is 12.1 Å². The summed E-state index contributed by atoms with van der Waals surface area (Å²) in [6, 6.07) is 3.42. The smallest absolute Gasteiger partial charge is 0.251 e. The number of aliphatic hydroxyl groups is 1. The van der Waals surface area contributed by atoms with Crippen LogP contribution < -0.4 is 5.32 Å². The molecule has 2 N–H and O–H groups in total. The zero-order valence-corrected chi connectivity index (χ0v) is 12.3. The molecule has 2 heterocycles. The van der Waals surface area contributed by atoms with Crippen LogP contribution in [0.5, 0.6) is 0 Å². The molecule has 1 atom stereocenters. The van der Waals surface area contributed by atoms with Crippen molar-refractivity contribution in [3.8, 4) is 0 Å². The van der Waals surface area contributed by atoms with Crippen molar-refractivity contribution in [3.63, 3.8) is 0 Å². The number of nitrogens with zero attached hydrogens (tertiary/aromatic N) is 2. The summed E-state index contributed by atoms with van der Waals surface area (Å²) in [6.45, 7) is 0.743. The molecule has 2 rings (SSSR count). The predicted molar refractivity (Wildman–Crippen MR) is 77.5 cm³/mol. The number of amides is 2. The topological polar surface area (TPSA) is 82.5 Å². The van der Waals surface area contributed by atoms with Crippen LogP contribution in [0.2, 0.25) is 5.02 Å². The fraction of sp³-hybridized carbons (Fsp3) is 0.500. The summed E-state index contributed by atoms with van der Waals surface area (Å²) in [5, 5.41) is 12.9. The quantitative estimate of drug-likeness (QED) is 0.858. The lowest BCUT2D eigenvalue weighted by Gasteiger charge is -2.21. The van der Waals surface area contributed by atoms with Gasteiger partial charge in [0.25, 0.3) is 5.91 Å². The van der Waals surface area contributed by atoms with E-state index < -0.39 is 6.10 Å². The molecule has 0 bridgehead atoms. The number of nitrogens with one attached hydrogen (secondary N) is 1. The van der Waals surface area contributed by atoms with Crippen molar-refractivity contribution >= 4 is 23.4 Å². The van der Waals surface area contributed by atoms with Gasteiger partial charge in [0.15, 0.2) is 0 Å². The third-order valence-corrected chi connectivity index (χ3v) is 3.57. The van der Waals surface area contributed by atoms with Gasteiger partial charge in [-0.1, -0.05) is 11.6 Å². The molecule has 1 aliphatic rings. The van der Waals surface area contributed by atoms with Crippen molar-refractivity contribution < 1.29 is 14.7 Å². The number of pyridine rings is 1. The maximum absolute atomic E-state index is 11.9. The molecule has 7 heteroatoms. The van der Waals surface area contributed by atoms with Crippen molar-refractivity contribution in [2.45, 2.75) is 31.9 Å². The van der Waals surface area contributed by atoms with E-state index in [4.69, 9.17) is 11.6 Å². The molecule has 0 aliphatic carbocycles. The lowest BCUT2D eigenvalue weighted by molar-refractivity contribution is -0.142. The second kappa shape index (κ2) is 7.38. The summed E-state index contributed by atoms with van der Waals surface area (Å²) >= 11 is 5.73. The molecular weight excluding hydrogens is 294 g/mol. The second-order valence-corrected chi connectivity index (χ2v) is 5.45. The molecule has 114 valence electrons. The lowest BCUT2D eigenvalue weighted by Crippen LogP contribution is -2.44. The highest BCUT2D eigenvalue weighted by Crippen LogP contribution is 2.11. The minimum atomic E-state index is -0.988. The summed E-state index contributed by atoms with van der Waals surface area (Å²) in [4.78, 5) is 29.2. The first-order valence-electron chi connectivity index (χ1n) is 6.90. The molecule has 1 aromatic rings. The molecule has 0 spiro atoms. The molecular formula is C14H18ClN3O3. The standard InChI is InChI=1S/C14H18ClN3O3/c15-10-4-5-11(16-7-10)8-17-13(20)9-18-6-2-1-3-12(19)14(18)21/h4-5,7,12,19H,1-3,6,8-9H2,(H,17,20). The first-order valence-corrected chi connectivity index (χ1v) is 7.28. The Morgan fingerprint density at radius 1 is 1.48 bits per heavy atom. The molecule has 0 radical (unpaired) electrons. The third kappa shape index (κ3) is 4.68. The second-order valence-electron chi connectivity index (χ2n) is 5.02. The number of aromatic nitrogens is 1. The fourth-order valence-corrected chi connectivity index (χ4v) is 2.28. The van der Waals surface area contributed by atoms with Crippen LogP contribution in [-0.4, -0.2) is 46.0 Å². The van der Waals surface area contributed by atoms with Gasteiger partial charge in [0.05, 0.1) is 23.8 Å². The summed E-state index contributed by atoms with van der Waals surface area (Å²) in [7, 11) is 0. The van der Waals surface area contributed by atoms with Crippen LogP contribution in [0.25, 0.3) is 0 Å². The van der Waals surface area contributed by atoms with E-state index in [1.807, 2.05) is 0 Å². The van der Waals surface area contributed by atoms with Gasteiger partial charge in [0.1, 0.15) is 6.10 Å². The Balaban J connectivity index is 1.83. The Bertz CT molecular complexity index is 507. The van der Waals surface area contributed by atoms with Crippen LogP contribution in [0.3, 0.4) is 0 Å². The first kappa shape index (κ1) is 15.7. The largest absolute Gasteiger partial charge is 0.383 e. The van der Waals surface area contributed by atoms with Gasteiger partial charge in [0.2, 0.25) is 5.91 Å². The Hall–Kier alpha value is -1.66. The average Bonchev–Trinajstić information content (AvgIpc) is 2.62. The summed E-state index contributed by atoms with van der Waals surface area (Å²) in [6.07, 6.45) is 2.58. The molecule has 0 aromatic carbocycles. The van der Waals surface area contributed by atoms with E-state index in [1.165, 1.54) is 11.1 Å². The number of aliphatic hydroxyl groups excluding tert-OH is 1. The minimum Gasteiger partial charge on any atom is -0.383 e. The summed E-state index contributed by atoms with van der Waals surface area (Å²) in [5.74, 6) is -0.638. The van der Waals surface area contributed by atoms with Crippen LogP contribution >= 0.6 is 11.6 Å². The van der Waals surface area contributed by atoms with E-state index in [0.29, 0.717) is 23.7 Å². The van der Waals surface area contributed by atoms with E-state index in [-0.39, 0.29) is 24.9 Å². The minimum absolute atomic E-state index is 0.0382. The van der Waals surface area contributed by atoms with Gasteiger partial charge in [-0.3, -0.25) is 14.6 Å². The van der Waals surface area contributed by atoms with Crippen LogP contribution in [0.15, 0.2) is 18.3 Å². The first-order chi connectivity index (χ1) is 10.1. The molecule has 1 aromatic heterocycles. The predicted octanol–water partition coefficient (Wildman–Crippen LogP) is 0.725. The molecule has 6 nitrogen and oxygen atoms in total. The molecule has 1 fully saturated rings. The Labute approximate surface area is 128 Å². The number of hydrogen-bond acceptors (Lipinski definition) is 4. The van der Waals surface area contributed by atoms with Gasteiger partial charge < -0.3 is 15.3 Å². The molecule has 2 amide bonds. The number of carbonyl (C=O) groups is 2. The van der Waals surface area contributed by atoms with Gasteiger partial charge in [0, 0.05) is 12.7 Å². The maximum atomic E-state index is 11.9. The fourth-order valence-electron chi connectivity index (χ4n) is 2.17. The lowest BCUT2D eigenvalue weighted by atomic mass is 10.2. The van der Waals surface area contributed by atoms with Crippen LogP contribution in [0.4, 0.5) is 0 Å². The van der Waals surface area contributed by atoms with Crippen molar-refractivity contribution in [2.24, 2.45) is 0 Å². The van der Waals surface area contributed by atoms with Gasteiger partial charge in [-0.25, -0.2) is 0 Å². The van der Waals surface area contributed by atoms with E-state index in [9.17, 15) is 14.7 Å². The Kier molecular flexibility index (Phi) is 5.52. The van der Waals surface area contributed by atoms with Crippen molar-refractivity contribution in [1.29, 1.82) is 0 Å². The van der Waals surface area contributed by atoms with Crippen LogP contribution in [0, 0.1) is 0 Å². The number of likely N-dealkylation sites (tertiary alicyclic amines) is 1. The maximum Gasteiger partial charge on any atom is 0.251 e. The van der Waals surface area contributed by atoms with Crippen LogP contribution in [0.1, 0.15) is 25.0 Å². The average molecular weight is 312 g/mol. The van der Waals surface area contributed by atoms with Gasteiger partial charge >= 0.3 is 0 Å². The molecule has 21 heavy (non-hydrogen) atoms. The number of carbonyl (C=O) groups excluding carboxylic acids is 2. The zero-order chi connectivity index (χ0) is 15.2. The Morgan fingerprint density at radius 3 is 3.00 bits per heavy atom. The molecule has 1 saturated heterocycles. The van der Waals surface area contributed by atoms with E-state index in [2.05, 4.69) is 10.3 Å². The monoisotopic (exact) mass is 311 g/mol. The van der Waals surface area contributed by atoms with Gasteiger partial charge in [-0.2, -0.15) is 0 Å². The number of rotatable bonds is 4. The highest BCUT2D eigenvalue weighted by Gasteiger charge is 2.26. The van der Waals surface area contributed by atoms with Crippen molar-refractivity contribution in [3.05, 3.63) is 29.0 Å².